The summed E-state index contributed by atoms with van der Waals surface area (Å²) in [5.41, 5.74) is 2.96. The molecular formula is C26H23ClN4O2. The van der Waals surface area contributed by atoms with E-state index in [1.807, 2.05) is 11.0 Å². The average Bonchev–Trinajstić information content (AvgIpc) is 2.85. The van der Waals surface area contributed by atoms with Gasteiger partial charge in [-0.25, -0.2) is 0 Å². The Balaban J connectivity index is 1.48. The molecule has 166 valence electrons. The molecule has 0 radical (unpaired) electrons. The van der Waals surface area contributed by atoms with E-state index in [4.69, 9.17) is 11.6 Å². The van der Waals surface area contributed by atoms with Gasteiger partial charge < -0.3 is 9.80 Å². The van der Waals surface area contributed by atoms with Crippen LogP contribution in [0, 0.1) is 6.92 Å². The highest BCUT2D eigenvalue weighted by molar-refractivity contribution is 6.30. The van der Waals surface area contributed by atoms with Crippen molar-refractivity contribution in [1.82, 2.24) is 14.7 Å². The molecule has 7 heteroatoms. The monoisotopic (exact) mass is 458 g/mol. The number of halogens is 1. The van der Waals surface area contributed by atoms with Crippen LogP contribution in [-0.2, 0) is 0 Å². The van der Waals surface area contributed by atoms with E-state index in [0.29, 0.717) is 34.6 Å². The highest BCUT2D eigenvalue weighted by atomic mass is 35.5. The van der Waals surface area contributed by atoms with Gasteiger partial charge in [-0.05, 0) is 55.0 Å². The minimum Gasteiger partial charge on any atom is -0.368 e. The molecule has 0 aliphatic carbocycles. The van der Waals surface area contributed by atoms with E-state index in [0.717, 1.165) is 13.1 Å². The summed E-state index contributed by atoms with van der Waals surface area (Å²) in [5.74, 6) is -0.169. The number of amides is 1. The molecule has 4 aromatic rings. The van der Waals surface area contributed by atoms with Crippen molar-refractivity contribution < 1.29 is 4.79 Å². The van der Waals surface area contributed by atoms with E-state index in [9.17, 15) is 9.59 Å². The highest BCUT2D eigenvalue weighted by Gasteiger charge is 2.26. The molecule has 1 aromatic heterocycles. The topological polar surface area (TPSA) is 58.4 Å². The lowest BCUT2D eigenvalue weighted by molar-refractivity contribution is 0.0741. The minimum absolute atomic E-state index is 0.169. The normalized spacial score (nSPS) is 14.0. The lowest BCUT2D eigenvalue weighted by Gasteiger charge is -2.36. The quantitative estimate of drug-likeness (QED) is 0.459. The van der Waals surface area contributed by atoms with Crippen LogP contribution < -0.4 is 10.5 Å². The fourth-order valence-electron chi connectivity index (χ4n) is 4.25. The van der Waals surface area contributed by atoms with Crippen molar-refractivity contribution in [3.63, 3.8) is 0 Å². The SMILES string of the molecule is Cc1cccc(N2CCN(C(=O)c3nn(-c4ccc(Cl)cc4)c(=O)c4ccccc34)CC2)c1. The van der Waals surface area contributed by atoms with Crippen molar-refractivity contribution >= 4 is 34.0 Å². The summed E-state index contributed by atoms with van der Waals surface area (Å²) >= 11 is 6.01. The van der Waals surface area contributed by atoms with E-state index >= 15 is 0 Å². The number of piperazine rings is 1. The number of rotatable bonds is 3. The third-order valence-corrected chi connectivity index (χ3v) is 6.26. The second-order valence-corrected chi connectivity index (χ2v) is 8.64. The lowest BCUT2D eigenvalue weighted by atomic mass is 10.1. The van der Waals surface area contributed by atoms with Gasteiger partial charge in [-0.2, -0.15) is 9.78 Å². The first-order chi connectivity index (χ1) is 16.0. The third-order valence-electron chi connectivity index (χ3n) is 6.01. The van der Waals surface area contributed by atoms with Crippen LogP contribution >= 0.6 is 11.6 Å². The maximum atomic E-state index is 13.6. The van der Waals surface area contributed by atoms with E-state index in [1.165, 1.54) is 15.9 Å². The number of hydrogen-bond donors (Lipinski definition) is 0. The van der Waals surface area contributed by atoms with Gasteiger partial charge in [0, 0.05) is 42.3 Å². The number of aryl methyl sites for hydroxylation is 1. The van der Waals surface area contributed by atoms with Crippen molar-refractivity contribution in [2.24, 2.45) is 0 Å². The third kappa shape index (κ3) is 4.10. The van der Waals surface area contributed by atoms with Crippen molar-refractivity contribution in [2.75, 3.05) is 31.1 Å². The number of carbonyl (C=O) groups is 1. The van der Waals surface area contributed by atoms with Gasteiger partial charge in [0.25, 0.3) is 11.5 Å². The largest absolute Gasteiger partial charge is 0.368 e. The number of carbonyl (C=O) groups excluding carboxylic acids is 1. The predicted molar refractivity (Wildman–Crippen MR) is 132 cm³/mol. The zero-order chi connectivity index (χ0) is 22.9. The van der Waals surface area contributed by atoms with E-state index in [-0.39, 0.29) is 17.2 Å². The summed E-state index contributed by atoms with van der Waals surface area (Å²) in [6, 6.07) is 22.4. The van der Waals surface area contributed by atoms with Crippen LogP contribution in [-0.4, -0.2) is 46.8 Å². The van der Waals surface area contributed by atoms with Crippen LogP contribution in [0.15, 0.2) is 77.6 Å². The van der Waals surface area contributed by atoms with Crippen LogP contribution in [0.3, 0.4) is 0 Å². The van der Waals surface area contributed by atoms with Crippen LogP contribution in [0.25, 0.3) is 16.5 Å². The van der Waals surface area contributed by atoms with Gasteiger partial charge >= 0.3 is 0 Å². The maximum absolute atomic E-state index is 13.6. The second-order valence-electron chi connectivity index (χ2n) is 8.21. The van der Waals surface area contributed by atoms with Gasteiger partial charge in [-0.3, -0.25) is 9.59 Å². The molecule has 2 heterocycles. The zero-order valence-electron chi connectivity index (χ0n) is 18.2. The van der Waals surface area contributed by atoms with E-state index in [2.05, 4.69) is 41.2 Å². The van der Waals surface area contributed by atoms with Gasteiger partial charge in [-0.1, -0.05) is 41.9 Å². The maximum Gasteiger partial charge on any atom is 0.279 e. The van der Waals surface area contributed by atoms with E-state index in [1.54, 1.807) is 42.5 Å². The fourth-order valence-corrected chi connectivity index (χ4v) is 4.37. The van der Waals surface area contributed by atoms with Gasteiger partial charge in [0.05, 0.1) is 11.1 Å². The summed E-state index contributed by atoms with van der Waals surface area (Å²) in [4.78, 5) is 30.8. The Morgan fingerprint density at radius 3 is 2.24 bits per heavy atom. The summed E-state index contributed by atoms with van der Waals surface area (Å²) in [5, 5.41) is 6.12. The van der Waals surface area contributed by atoms with Crippen LogP contribution in [0.2, 0.25) is 5.02 Å². The van der Waals surface area contributed by atoms with Gasteiger partial charge in [0.15, 0.2) is 5.69 Å². The first kappa shape index (κ1) is 21.2. The summed E-state index contributed by atoms with van der Waals surface area (Å²) in [6.07, 6.45) is 0. The minimum atomic E-state index is -0.270. The van der Waals surface area contributed by atoms with Gasteiger partial charge in [-0.15, -0.1) is 0 Å². The smallest absolute Gasteiger partial charge is 0.279 e. The van der Waals surface area contributed by atoms with Crippen molar-refractivity contribution in [1.29, 1.82) is 0 Å². The molecule has 33 heavy (non-hydrogen) atoms. The Morgan fingerprint density at radius 2 is 1.55 bits per heavy atom. The molecule has 0 spiro atoms. The second kappa shape index (κ2) is 8.71. The number of nitrogens with zero attached hydrogens (tertiary/aromatic N) is 4. The molecule has 0 unspecified atom stereocenters. The number of aromatic nitrogens is 2. The molecule has 0 bridgehead atoms. The Morgan fingerprint density at radius 1 is 0.848 bits per heavy atom. The highest BCUT2D eigenvalue weighted by Crippen LogP contribution is 2.21. The molecule has 1 aliphatic heterocycles. The fraction of sp³-hybridized carbons (Fsp3) is 0.192. The molecule has 1 fully saturated rings. The number of anilines is 1. The molecule has 0 atom stereocenters. The zero-order valence-corrected chi connectivity index (χ0v) is 19.0. The predicted octanol–water partition coefficient (Wildman–Crippen LogP) is 4.31. The lowest BCUT2D eigenvalue weighted by Crippen LogP contribution is -2.49. The number of fused-ring (bicyclic) bond motifs is 1. The van der Waals surface area contributed by atoms with Crippen molar-refractivity contribution in [2.45, 2.75) is 6.92 Å². The molecule has 0 saturated carbocycles. The Kier molecular flexibility index (Phi) is 5.60. The van der Waals surface area contributed by atoms with Crippen molar-refractivity contribution in [3.05, 3.63) is 99.4 Å². The van der Waals surface area contributed by atoms with Crippen LogP contribution in [0.1, 0.15) is 16.1 Å². The Hall–Kier alpha value is -3.64. The first-order valence-electron chi connectivity index (χ1n) is 10.9. The van der Waals surface area contributed by atoms with Crippen LogP contribution in [0.5, 0.6) is 0 Å². The molecule has 6 nitrogen and oxygen atoms in total. The van der Waals surface area contributed by atoms with Crippen LogP contribution in [0.4, 0.5) is 5.69 Å². The molecule has 5 rings (SSSR count). The van der Waals surface area contributed by atoms with Gasteiger partial charge in [0.2, 0.25) is 0 Å². The molecular weight excluding hydrogens is 436 g/mol. The summed E-state index contributed by atoms with van der Waals surface area (Å²) in [7, 11) is 0. The standard InChI is InChI=1S/C26H23ClN4O2/c1-18-5-4-6-21(17-18)29-13-15-30(16-14-29)26(33)24-22-7-2-3-8-23(22)25(32)31(28-24)20-11-9-19(27)10-12-20/h2-12,17H,13-16H2,1H3. The molecule has 1 saturated heterocycles. The Labute approximate surface area is 196 Å². The number of benzene rings is 3. The summed E-state index contributed by atoms with van der Waals surface area (Å²) < 4.78 is 1.29. The Bertz CT molecular complexity index is 1390. The molecule has 1 amide bonds. The first-order valence-corrected chi connectivity index (χ1v) is 11.3. The molecule has 1 aliphatic rings. The van der Waals surface area contributed by atoms with E-state index < -0.39 is 0 Å². The van der Waals surface area contributed by atoms with Gasteiger partial charge in [0.1, 0.15) is 0 Å². The molecule has 3 aromatic carbocycles. The van der Waals surface area contributed by atoms with Crippen molar-refractivity contribution in [3.8, 4) is 5.69 Å². The number of hydrogen-bond acceptors (Lipinski definition) is 4. The summed E-state index contributed by atoms with van der Waals surface area (Å²) in [6.45, 7) is 4.73. The molecule has 0 N–H and O–H groups in total. The average molecular weight is 459 g/mol.